The van der Waals surface area contributed by atoms with Crippen molar-refractivity contribution in [1.82, 2.24) is 4.98 Å². The fourth-order valence-electron chi connectivity index (χ4n) is 2.22. The van der Waals surface area contributed by atoms with Crippen molar-refractivity contribution in [3.63, 3.8) is 0 Å². The Morgan fingerprint density at radius 2 is 2.31 bits per heavy atom. The van der Waals surface area contributed by atoms with Gasteiger partial charge in [-0.2, -0.15) is 0 Å². The predicted molar refractivity (Wildman–Crippen MR) is 68.5 cm³/mol. The zero-order chi connectivity index (χ0) is 11.1. The van der Waals surface area contributed by atoms with Crippen LogP contribution in [0.25, 0.3) is 17.0 Å². The third-order valence-corrected chi connectivity index (χ3v) is 2.99. The number of fused-ring (bicyclic) bond motifs is 3. The van der Waals surface area contributed by atoms with E-state index in [0.717, 1.165) is 34.4 Å². The summed E-state index contributed by atoms with van der Waals surface area (Å²) >= 11 is 0. The molecule has 3 heteroatoms. The minimum atomic E-state index is 0.818. The molecule has 2 N–H and O–H groups in total. The highest BCUT2D eigenvalue weighted by Crippen LogP contribution is 2.36. The Balaban J connectivity index is 2.46. The first-order valence-electron chi connectivity index (χ1n) is 5.32. The topological polar surface area (TPSA) is 42.1 Å². The Kier molecular flexibility index (Phi) is 1.86. The van der Waals surface area contributed by atoms with E-state index in [2.05, 4.69) is 29.1 Å². The van der Waals surface area contributed by atoms with E-state index in [0.29, 0.717) is 0 Å². The lowest BCUT2D eigenvalue weighted by molar-refractivity contribution is 1.02. The second-order valence-corrected chi connectivity index (χ2v) is 4.09. The van der Waals surface area contributed by atoms with E-state index in [-0.39, 0.29) is 0 Å². The van der Waals surface area contributed by atoms with Crippen LogP contribution < -0.4 is 10.6 Å². The lowest BCUT2D eigenvalue weighted by Crippen LogP contribution is -2.21. The van der Waals surface area contributed by atoms with Crippen molar-refractivity contribution in [1.29, 1.82) is 0 Å². The van der Waals surface area contributed by atoms with Crippen molar-refractivity contribution in [3.8, 4) is 0 Å². The van der Waals surface area contributed by atoms with Gasteiger partial charge in [-0.05, 0) is 12.1 Å². The van der Waals surface area contributed by atoms with Crippen molar-refractivity contribution < 1.29 is 0 Å². The number of nitrogen functional groups attached to an aromatic ring is 1. The van der Waals surface area contributed by atoms with Gasteiger partial charge in [0.05, 0.1) is 11.2 Å². The molecule has 0 radical (unpaired) electrons. The van der Waals surface area contributed by atoms with Gasteiger partial charge in [0.25, 0.3) is 0 Å². The van der Waals surface area contributed by atoms with Crippen LogP contribution in [0, 0.1) is 0 Å². The van der Waals surface area contributed by atoms with Crippen LogP contribution in [0.3, 0.4) is 0 Å². The lowest BCUT2D eigenvalue weighted by atomic mass is 10.0. The largest absolute Gasteiger partial charge is 0.398 e. The van der Waals surface area contributed by atoms with Crippen LogP contribution in [0.4, 0.5) is 11.4 Å². The van der Waals surface area contributed by atoms with Crippen LogP contribution in [0.5, 0.6) is 0 Å². The molecule has 0 spiro atoms. The summed E-state index contributed by atoms with van der Waals surface area (Å²) in [5, 5.41) is 1.10. The normalized spacial score (nSPS) is 14.2. The zero-order valence-corrected chi connectivity index (χ0v) is 9.14. The Hall–Kier alpha value is -2.03. The lowest BCUT2D eigenvalue weighted by Gasteiger charge is -2.25. The van der Waals surface area contributed by atoms with Crippen molar-refractivity contribution in [2.45, 2.75) is 0 Å². The summed E-state index contributed by atoms with van der Waals surface area (Å²) < 4.78 is 0. The van der Waals surface area contributed by atoms with E-state index < -0.39 is 0 Å². The monoisotopic (exact) mass is 211 g/mol. The first kappa shape index (κ1) is 9.21. The van der Waals surface area contributed by atoms with E-state index in [1.807, 2.05) is 24.4 Å². The Morgan fingerprint density at radius 3 is 3.19 bits per heavy atom. The molecule has 3 rings (SSSR count). The van der Waals surface area contributed by atoms with Crippen LogP contribution in [0.15, 0.2) is 30.5 Å². The van der Waals surface area contributed by atoms with Gasteiger partial charge in [-0.25, -0.2) is 0 Å². The van der Waals surface area contributed by atoms with E-state index in [1.165, 1.54) is 0 Å². The average Bonchev–Trinajstić information content (AvgIpc) is 2.30. The molecule has 0 atom stereocenters. The SMILES string of the molecule is CN1CC=Cc2c(N)cc3cccnc3c21. The Bertz CT molecular complexity index is 587. The molecule has 0 fully saturated rings. The summed E-state index contributed by atoms with van der Waals surface area (Å²) in [6, 6.07) is 5.97. The fourth-order valence-corrected chi connectivity index (χ4v) is 2.22. The highest BCUT2D eigenvalue weighted by atomic mass is 15.1. The molecule has 1 aliphatic heterocycles. The maximum Gasteiger partial charge on any atom is 0.0942 e. The minimum Gasteiger partial charge on any atom is -0.398 e. The second-order valence-electron chi connectivity index (χ2n) is 4.09. The van der Waals surface area contributed by atoms with E-state index in [9.17, 15) is 0 Å². The molecular formula is C13H13N3. The molecule has 80 valence electrons. The van der Waals surface area contributed by atoms with Gasteiger partial charge in [0.2, 0.25) is 0 Å². The van der Waals surface area contributed by atoms with Crippen LogP contribution in [0.1, 0.15) is 5.56 Å². The molecule has 0 unspecified atom stereocenters. The summed E-state index contributed by atoms with van der Waals surface area (Å²) in [4.78, 5) is 6.64. The Morgan fingerprint density at radius 1 is 1.44 bits per heavy atom. The number of aromatic nitrogens is 1. The summed E-state index contributed by atoms with van der Waals surface area (Å²) in [5.74, 6) is 0. The minimum absolute atomic E-state index is 0.818. The first-order chi connectivity index (χ1) is 7.77. The maximum absolute atomic E-state index is 6.06. The maximum atomic E-state index is 6.06. The number of nitrogens with two attached hydrogens (primary N) is 1. The number of hydrogen-bond acceptors (Lipinski definition) is 3. The Labute approximate surface area is 94.2 Å². The molecule has 1 aromatic carbocycles. The number of anilines is 2. The third-order valence-electron chi connectivity index (χ3n) is 2.99. The van der Waals surface area contributed by atoms with Gasteiger partial charge in [-0.15, -0.1) is 0 Å². The first-order valence-corrected chi connectivity index (χ1v) is 5.32. The van der Waals surface area contributed by atoms with Crippen molar-refractivity contribution in [2.24, 2.45) is 0 Å². The second kappa shape index (κ2) is 3.23. The summed E-state index contributed by atoms with van der Waals surface area (Å²) in [5.41, 5.74) is 10.1. The molecule has 2 aromatic rings. The fraction of sp³-hybridized carbons (Fsp3) is 0.154. The summed E-state index contributed by atoms with van der Waals surface area (Å²) in [7, 11) is 2.07. The van der Waals surface area contributed by atoms with E-state index in [4.69, 9.17) is 5.73 Å². The quantitative estimate of drug-likeness (QED) is 0.680. The standard InChI is InChI=1S/C13H13N3/c1-16-7-3-5-10-11(14)8-9-4-2-6-15-12(9)13(10)16/h2-6,8H,7,14H2,1H3. The predicted octanol–water partition coefficient (Wildman–Crippen LogP) is 2.28. The summed E-state index contributed by atoms with van der Waals surface area (Å²) in [6.45, 7) is 0.905. The van der Waals surface area contributed by atoms with Crippen LogP contribution >= 0.6 is 0 Å². The van der Waals surface area contributed by atoms with Gasteiger partial charge in [-0.3, -0.25) is 4.98 Å². The third kappa shape index (κ3) is 1.18. The molecule has 2 heterocycles. The van der Waals surface area contributed by atoms with Crippen LogP contribution in [-0.2, 0) is 0 Å². The number of benzene rings is 1. The highest BCUT2D eigenvalue weighted by Gasteiger charge is 2.16. The molecule has 1 aliphatic rings. The number of nitrogens with zero attached hydrogens (tertiary/aromatic N) is 2. The molecule has 0 saturated carbocycles. The summed E-state index contributed by atoms with van der Waals surface area (Å²) in [6.07, 6.45) is 6.03. The van der Waals surface area contributed by atoms with Crippen molar-refractivity contribution in [2.75, 3.05) is 24.2 Å². The number of likely N-dealkylation sites (N-methyl/N-ethyl adjacent to an activating group) is 1. The molecule has 3 nitrogen and oxygen atoms in total. The molecule has 0 bridgehead atoms. The van der Waals surface area contributed by atoms with Gasteiger partial charge in [-0.1, -0.05) is 18.2 Å². The number of hydrogen-bond donors (Lipinski definition) is 1. The zero-order valence-electron chi connectivity index (χ0n) is 9.14. The van der Waals surface area contributed by atoms with Crippen molar-refractivity contribution >= 4 is 28.4 Å². The van der Waals surface area contributed by atoms with Gasteiger partial charge in [0.15, 0.2) is 0 Å². The van der Waals surface area contributed by atoms with Gasteiger partial charge in [0, 0.05) is 36.4 Å². The smallest absolute Gasteiger partial charge is 0.0942 e. The number of pyridine rings is 1. The van der Waals surface area contributed by atoms with Crippen molar-refractivity contribution in [3.05, 3.63) is 36.0 Å². The van der Waals surface area contributed by atoms with Crippen LogP contribution in [-0.4, -0.2) is 18.6 Å². The van der Waals surface area contributed by atoms with Gasteiger partial charge in [0.1, 0.15) is 0 Å². The van der Waals surface area contributed by atoms with Gasteiger partial charge < -0.3 is 10.6 Å². The molecule has 16 heavy (non-hydrogen) atoms. The molecule has 0 amide bonds. The number of rotatable bonds is 0. The van der Waals surface area contributed by atoms with Gasteiger partial charge >= 0.3 is 0 Å². The molecule has 0 saturated heterocycles. The molecular weight excluding hydrogens is 198 g/mol. The van der Waals surface area contributed by atoms with E-state index >= 15 is 0 Å². The molecule has 1 aromatic heterocycles. The van der Waals surface area contributed by atoms with Crippen LogP contribution in [0.2, 0.25) is 0 Å². The van der Waals surface area contributed by atoms with E-state index in [1.54, 1.807) is 0 Å². The highest BCUT2D eigenvalue weighted by molar-refractivity contribution is 6.00. The average molecular weight is 211 g/mol. The molecule has 0 aliphatic carbocycles.